The lowest BCUT2D eigenvalue weighted by Gasteiger charge is -1.99. The lowest BCUT2D eigenvalue weighted by molar-refractivity contribution is -0.118. The van der Waals surface area contributed by atoms with Crippen molar-refractivity contribution in [1.82, 2.24) is 5.32 Å². The Morgan fingerprint density at radius 2 is 2.30 bits per heavy atom. The molecule has 10 heavy (non-hydrogen) atoms. The summed E-state index contributed by atoms with van der Waals surface area (Å²) in [5.74, 6) is -0.0848. The van der Waals surface area contributed by atoms with Crippen molar-refractivity contribution >= 4 is 14.4 Å². The van der Waals surface area contributed by atoms with Crippen LogP contribution in [-0.2, 0) is 9.36 Å². The molecule has 1 amide bonds. The number of rotatable bonds is 5. The smallest absolute Gasteiger partial charge is 0.226 e. The van der Waals surface area contributed by atoms with E-state index in [1.807, 2.05) is 0 Å². The van der Waals surface area contributed by atoms with Gasteiger partial charge in [-0.05, 0) is 6.42 Å². The average Bonchev–Trinajstić information content (AvgIpc) is 1.89. The maximum Gasteiger partial charge on any atom is 0.226 e. The van der Waals surface area contributed by atoms with Crippen LogP contribution in [0.15, 0.2) is 0 Å². The number of hydrogen-bond acceptors (Lipinski definition) is 2. The van der Waals surface area contributed by atoms with Gasteiger partial charge in [0.1, 0.15) is 0 Å². The van der Waals surface area contributed by atoms with E-state index in [1.54, 1.807) is 0 Å². The SMILES string of the molecule is CCCCNC(=O)C[PH2]=O. The molecule has 0 aliphatic heterocycles. The average molecular weight is 163 g/mol. The molecule has 0 saturated heterocycles. The fourth-order valence-electron chi connectivity index (χ4n) is 0.552. The zero-order chi connectivity index (χ0) is 7.82. The summed E-state index contributed by atoms with van der Waals surface area (Å²) in [6.07, 6.45) is 2.27. The van der Waals surface area contributed by atoms with Crippen LogP contribution < -0.4 is 5.32 Å². The van der Waals surface area contributed by atoms with E-state index in [1.165, 1.54) is 0 Å². The van der Waals surface area contributed by atoms with Crippen LogP contribution in [0, 0.1) is 0 Å². The second-order valence-corrected chi connectivity index (χ2v) is 2.82. The van der Waals surface area contributed by atoms with Gasteiger partial charge in [0.05, 0.1) is 14.6 Å². The lowest BCUT2D eigenvalue weighted by atomic mass is 10.3. The summed E-state index contributed by atoms with van der Waals surface area (Å²) in [6.45, 7) is 2.78. The summed E-state index contributed by atoms with van der Waals surface area (Å²) in [5.41, 5.74) is 0. The van der Waals surface area contributed by atoms with Gasteiger partial charge in [0.2, 0.25) is 5.91 Å². The highest BCUT2D eigenvalue weighted by molar-refractivity contribution is 7.25. The third-order valence-electron chi connectivity index (χ3n) is 1.12. The number of carbonyl (C=O) groups excluding carboxylic acids is 1. The highest BCUT2D eigenvalue weighted by atomic mass is 31.1. The molecule has 1 atom stereocenters. The van der Waals surface area contributed by atoms with Gasteiger partial charge in [-0.2, -0.15) is 0 Å². The second kappa shape index (κ2) is 6.81. The van der Waals surface area contributed by atoms with Crippen molar-refractivity contribution in [2.75, 3.05) is 12.7 Å². The number of unbranched alkanes of at least 4 members (excludes halogenated alkanes) is 1. The molecule has 4 heteroatoms. The molecule has 60 valence electrons. The van der Waals surface area contributed by atoms with Crippen LogP contribution in [-0.4, -0.2) is 18.6 Å². The predicted octanol–water partition coefficient (Wildman–Crippen LogP) is 0.659. The molecule has 0 aromatic heterocycles. The Morgan fingerprint density at radius 3 is 2.80 bits per heavy atom. The van der Waals surface area contributed by atoms with E-state index in [0.717, 1.165) is 19.4 Å². The minimum absolute atomic E-state index is 0.0848. The summed E-state index contributed by atoms with van der Waals surface area (Å²) in [6, 6.07) is 0. The summed E-state index contributed by atoms with van der Waals surface area (Å²) in [5, 5.41) is 2.67. The molecule has 0 aliphatic carbocycles. The number of nitrogens with one attached hydrogen (secondary N) is 1. The standard InChI is InChI=1S/C6H14NO2P/c1-2-3-4-7-6(8)5-10-9/h2-5,10H2,1H3,(H,7,8). The van der Waals surface area contributed by atoms with Crippen molar-refractivity contribution in [3.05, 3.63) is 0 Å². The highest BCUT2D eigenvalue weighted by Gasteiger charge is 1.95. The molecule has 0 fully saturated rings. The van der Waals surface area contributed by atoms with Gasteiger partial charge >= 0.3 is 0 Å². The Morgan fingerprint density at radius 1 is 1.60 bits per heavy atom. The Hall–Kier alpha value is -0.300. The molecule has 0 bridgehead atoms. The third kappa shape index (κ3) is 5.83. The number of amides is 1. The van der Waals surface area contributed by atoms with Crippen LogP contribution in [0.3, 0.4) is 0 Å². The first kappa shape index (κ1) is 9.70. The van der Waals surface area contributed by atoms with Crippen molar-refractivity contribution < 1.29 is 9.36 Å². The third-order valence-corrected chi connectivity index (χ3v) is 1.66. The molecule has 0 radical (unpaired) electrons. The molecule has 0 saturated carbocycles. The summed E-state index contributed by atoms with van der Waals surface area (Å²) in [7, 11) is -0.921. The summed E-state index contributed by atoms with van der Waals surface area (Å²) in [4.78, 5) is 10.6. The molecular formula is C6H14NO2P. The number of hydrogen-bond donors (Lipinski definition) is 1. The van der Waals surface area contributed by atoms with Gasteiger partial charge in [0.15, 0.2) is 0 Å². The van der Waals surface area contributed by atoms with Gasteiger partial charge in [-0.1, -0.05) is 13.3 Å². The zero-order valence-corrected chi connectivity index (χ0v) is 7.38. The fourth-order valence-corrected chi connectivity index (χ4v) is 0.848. The van der Waals surface area contributed by atoms with Crippen LogP contribution in [0.5, 0.6) is 0 Å². The van der Waals surface area contributed by atoms with Gasteiger partial charge < -0.3 is 9.88 Å². The molecule has 1 unspecified atom stereocenters. The predicted molar refractivity (Wildman–Crippen MR) is 43.2 cm³/mol. The normalized spacial score (nSPS) is 10.5. The van der Waals surface area contributed by atoms with Gasteiger partial charge in [0.25, 0.3) is 0 Å². The second-order valence-electron chi connectivity index (χ2n) is 2.07. The number of carbonyl (C=O) groups is 1. The lowest BCUT2D eigenvalue weighted by Crippen LogP contribution is -2.25. The topological polar surface area (TPSA) is 46.2 Å². The first-order valence-electron chi connectivity index (χ1n) is 3.51. The first-order chi connectivity index (χ1) is 4.81. The largest absolute Gasteiger partial charge is 0.356 e. The molecule has 0 heterocycles. The van der Waals surface area contributed by atoms with Crippen molar-refractivity contribution in [3.63, 3.8) is 0 Å². The van der Waals surface area contributed by atoms with Crippen LogP contribution >= 0.6 is 8.46 Å². The van der Waals surface area contributed by atoms with Crippen LogP contribution in [0.1, 0.15) is 19.8 Å². The van der Waals surface area contributed by atoms with Crippen molar-refractivity contribution in [1.29, 1.82) is 0 Å². The maximum atomic E-state index is 10.6. The van der Waals surface area contributed by atoms with Crippen molar-refractivity contribution in [3.8, 4) is 0 Å². The van der Waals surface area contributed by atoms with Gasteiger partial charge in [-0.3, -0.25) is 4.79 Å². The van der Waals surface area contributed by atoms with E-state index in [9.17, 15) is 9.36 Å². The minimum atomic E-state index is -0.921. The Kier molecular flexibility index (Phi) is 6.61. The monoisotopic (exact) mass is 163 g/mol. The molecule has 0 aromatic rings. The highest BCUT2D eigenvalue weighted by Crippen LogP contribution is 1.89. The molecule has 0 aliphatic rings. The van der Waals surface area contributed by atoms with Crippen LogP contribution in [0.2, 0.25) is 0 Å². The molecule has 0 aromatic carbocycles. The van der Waals surface area contributed by atoms with E-state index in [0.29, 0.717) is 0 Å². The Labute approximate surface area is 62.4 Å². The van der Waals surface area contributed by atoms with E-state index < -0.39 is 8.46 Å². The molecule has 0 rings (SSSR count). The van der Waals surface area contributed by atoms with Crippen LogP contribution in [0.4, 0.5) is 0 Å². The van der Waals surface area contributed by atoms with Gasteiger partial charge in [-0.15, -0.1) is 0 Å². The molecule has 1 N–H and O–H groups in total. The summed E-state index contributed by atoms with van der Waals surface area (Å²) >= 11 is 0. The minimum Gasteiger partial charge on any atom is -0.356 e. The van der Waals surface area contributed by atoms with E-state index in [2.05, 4.69) is 12.2 Å². The summed E-state index contributed by atoms with van der Waals surface area (Å²) < 4.78 is 10.00. The van der Waals surface area contributed by atoms with Crippen molar-refractivity contribution in [2.24, 2.45) is 0 Å². The molecular weight excluding hydrogens is 149 g/mol. The first-order valence-corrected chi connectivity index (χ1v) is 4.80. The Bertz CT molecular complexity index is 116. The van der Waals surface area contributed by atoms with Crippen LogP contribution in [0.25, 0.3) is 0 Å². The van der Waals surface area contributed by atoms with E-state index in [-0.39, 0.29) is 12.1 Å². The van der Waals surface area contributed by atoms with E-state index >= 15 is 0 Å². The Balaban J connectivity index is 3.13. The fraction of sp³-hybridized carbons (Fsp3) is 0.833. The maximum absolute atomic E-state index is 10.6. The zero-order valence-electron chi connectivity index (χ0n) is 6.22. The van der Waals surface area contributed by atoms with Gasteiger partial charge in [0, 0.05) is 6.54 Å². The quantitative estimate of drug-likeness (QED) is 0.478. The van der Waals surface area contributed by atoms with Gasteiger partial charge in [-0.25, -0.2) is 0 Å². The van der Waals surface area contributed by atoms with E-state index in [4.69, 9.17) is 0 Å². The molecule has 0 spiro atoms. The molecule has 3 nitrogen and oxygen atoms in total. The van der Waals surface area contributed by atoms with Crippen molar-refractivity contribution in [2.45, 2.75) is 19.8 Å².